The molecule has 2 aromatic carbocycles. The maximum Gasteiger partial charge on any atom is 0.159 e. The second-order valence-electron chi connectivity index (χ2n) is 4.14. The third-order valence-corrected chi connectivity index (χ3v) is 3.03. The zero-order valence-electron chi connectivity index (χ0n) is 9.71. The molecule has 0 bridgehead atoms. The van der Waals surface area contributed by atoms with Crippen LogP contribution in [0.4, 0.5) is 13.2 Å². The molecule has 0 radical (unpaired) electrons. The zero-order chi connectivity index (χ0) is 14.0. The van der Waals surface area contributed by atoms with Gasteiger partial charge in [-0.2, -0.15) is 0 Å². The van der Waals surface area contributed by atoms with E-state index in [0.29, 0.717) is 5.56 Å². The summed E-state index contributed by atoms with van der Waals surface area (Å²) in [5, 5.41) is 9.88. The molecule has 0 aliphatic heterocycles. The van der Waals surface area contributed by atoms with Crippen LogP contribution in [-0.4, -0.2) is 5.11 Å². The molecule has 0 saturated carbocycles. The lowest BCUT2D eigenvalue weighted by Crippen LogP contribution is -2.03. The summed E-state index contributed by atoms with van der Waals surface area (Å²) < 4.78 is 38.8. The largest absolute Gasteiger partial charge is 0.388 e. The van der Waals surface area contributed by atoms with Gasteiger partial charge in [-0.15, -0.1) is 0 Å². The fourth-order valence-corrected chi connectivity index (χ4v) is 1.93. The lowest BCUT2D eigenvalue weighted by Gasteiger charge is -2.11. The van der Waals surface area contributed by atoms with Crippen molar-refractivity contribution in [2.24, 2.45) is 0 Å². The molecule has 1 nitrogen and oxygen atoms in total. The summed E-state index contributed by atoms with van der Waals surface area (Å²) in [6, 6.07) is 7.24. The van der Waals surface area contributed by atoms with E-state index in [0.717, 1.165) is 12.1 Å². The van der Waals surface area contributed by atoms with E-state index in [9.17, 15) is 18.3 Å². The van der Waals surface area contributed by atoms with Gasteiger partial charge in [-0.1, -0.05) is 23.7 Å². The van der Waals surface area contributed by atoms with Gasteiger partial charge < -0.3 is 5.11 Å². The standard InChI is InChI=1S/C14H10ClF3O/c15-10-5-8(1-3-11(10)16)6-14(19)9-2-4-12(17)13(18)7-9/h1-5,7,14,19H,6H2. The van der Waals surface area contributed by atoms with E-state index in [-0.39, 0.29) is 17.0 Å². The Kier molecular flexibility index (Phi) is 4.12. The number of halogens is 4. The molecule has 19 heavy (non-hydrogen) atoms. The first-order chi connectivity index (χ1) is 8.97. The monoisotopic (exact) mass is 286 g/mol. The first-order valence-electron chi connectivity index (χ1n) is 5.54. The van der Waals surface area contributed by atoms with E-state index in [2.05, 4.69) is 0 Å². The predicted octanol–water partition coefficient (Wildman–Crippen LogP) is 4.03. The molecule has 0 heterocycles. The van der Waals surface area contributed by atoms with Crippen LogP contribution in [0.25, 0.3) is 0 Å². The van der Waals surface area contributed by atoms with Crippen molar-refractivity contribution >= 4 is 11.6 Å². The number of aliphatic hydroxyl groups excluding tert-OH is 1. The number of aliphatic hydroxyl groups is 1. The van der Waals surface area contributed by atoms with Crippen LogP contribution in [0.1, 0.15) is 17.2 Å². The first-order valence-corrected chi connectivity index (χ1v) is 5.92. The number of hydrogen-bond acceptors (Lipinski definition) is 1. The molecule has 1 atom stereocenters. The van der Waals surface area contributed by atoms with E-state index < -0.39 is 23.6 Å². The quantitative estimate of drug-likeness (QED) is 0.903. The van der Waals surface area contributed by atoms with Crippen molar-refractivity contribution in [3.05, 3.63) is 70.0 Å². The van der Waals surface area contributed by atoms with E-state index in [1.165, 1.54) is 24.3 Å². The molecule has 0 spiro atoms. The smallest absolute Gasteiger partial charge is 0.159 e. The number of rotatable bonds is 3. The van der Waals surface area contributed by atoms with Gasteiger partial charge in [0, 0.05) is 6.42 Å². The number of benzene rings is 2. The van der Waals surface area contributed by atoms with Crippen LogP contribution in [0.2, 0.25) is 5.02 Å². The Morgan fingerprint density at radius 2 is 1.63 bits per heavy atom. The van der Waals surface area contributed by atoms with Crippen LogP contribution in [0.3, 0.4) is 0 Å². The molecule has 0 saturated heterocycles. The molecule has 1 N–H and O–H groups in total. The molecule has 0 fully saturated rings. The first kappa shape index (κ1) is 13.9. The number of hydrogen-bond donors (Lipinski definition) is 1. The Hall–Kier alpha value is -1.52. The highest BCUT2D eigenvalue weighted by atomic mass is 35.5. The van der Waals surface area contributed by atoms with Crippen LogP contribution in [0.15, 0.2) is 36.4 Å². The Labute approximate surface area is 113 Å². The van der Waals surface area contributed by atoms with Crippen molar-refractivity contribution in [3.8, 4) is 0 Å². The molecule has 100 valence electrons. The molecule has 0 aliphatic rings. The van der Waals surface area contributed by atoms with Crippen molar-refractivity contribution in [1.82, 2.24) is 0 Å². The highest BCUT2D eigenvalue weighted by molar-refractivity contribution is 6.30. The Bertz CT molecular complexity index is 601. The summed E-state index contributed by atoms with van der Waals surface area (Å²) in [4.78, 5) is 0. The lowest BCUT2D eigenvalue weighted by molar-refractivity contribution is 0.178. The molecular weight excluding hydrogens is 277 g/mol. The van der Waals surface area contributed by atoms with E-state index in [1.54, 1.807) is 0 Å². The maximum atomic E-state index is 13.0. The SMILES string of the molecule is OC(Cc1ccc(F)c(Cl)c1)c1ccc(F)c(F)c1. The van der Waals surface area contributed by atoms with Gasteiger partial charge in [0.15, 0.2) is 11.6 Å². The fraction of sp³-hybridized carbons (Fsp3) is 0.143. The van der Waals surface area contributed by atoms with Gasteiger partial charge in [-0.25, -0.2) is 13.2 Å². The molecular formula is C14H10ClF3O. The van der Waals surface area contributed by atoms with Gasteiger partial charge in [0.2, 0.25) is 0 Å². The normalized spacial score (nSPS) is 12.5. The molecule has 0 aliphatic carbocycles. The van der Waals surface area contributed by atoms with E-state index in [4.69, 9.17) is 11.6 Å². The topological polar surface area (TPSA) is 20.2 Å². The highest BCUT2D eigenvalue weighted by Gasteiger charge is 2.12. The summed E-state index contributed by atoms with van der Waals surface area (Å²) in [5.41, 5.74) is 0.850. The van der Waals surface area contributed by atoms with Gasteiger partial charge in [-0.3, -0.25) is 0 Å². The second kappa shape index (κ2) is 5.63. The summed E-state index contributed by atoms with van der Waals surface area (Å²) >= 11 is 5.62. The minimum atomic E-state index is -1.02. The van der Waals surface area contributed by atoms with Gasteiger partial charge >= 0.3 is 0 Å². The summed E-state index contributed by atoms with van der Waals surface area (Å²) in [6.07, 6.45) is -0.887. The van der Waals surface area contributed by atoms with Gasteiger partial charge in [0.1, 0.15) is 5.82 Å². The van der Waals surface area contributed by atoms with Crippen molar-refractivity contribution in [1.29, 1.82) is 0 Å². The Morgan fingerprint density at radius 3 is 2.26 bits per heavy atom. The van der Waals surface area contributed by atoms with Gasteiger partial charge in [0.05, 0.1) is 11.1 Å². The van der Waals surface area contributed by atoms with E-state index in [1.807, 2.05) is 0 Å². The minimum absolute atomic E-state index is 0.0463. The van der Waals surface area contributed by atoms with Crippen molar-refractivity contribution in [2.45, 2.75) is 12.5 Å². The zero-order valence-corrected chi connectivity index (χ0v) is 10.5. The highest BCUT2D eigenvalue weighted by Crippen LogP contribution is 2.23. The van der Waals surface area contributed by atoms with Crippen LogP contribution in [-0.2, 0) is 6.42 Å². The van der Waals surface area contributed by atoms with Crippen LogP contribution in [0, 0.1) is 17.5 Å². The summed E-state index contributed by atoms with van der Waals surface area (Å²) in [5.74, 6) is -2.54. The second-order valence-corrected chi connectivity index (χ2v) is 4.55. The van der Waals surface area contributed by atoms with Crippen LogP contribution < -0.4 is 0 Å². The molecule has 5 heteroatoms. The Morgan fingerprint density at radius 1 is 0.947 bits per heavy atom. The maximum absolute atomic E-state index is 13.0. The minimum Gasteiger partial charge on any atom is -0.388 e. The van der Waals surface area contributed by atoms with Crippen LogP contribution in [0.5, 0.6) is 0 Å². The molecule has 1 unspecified atom stereocenters. The van der Waals surface area contributed by atoms with Crippen molar-refractivity contribution < 1.29 is 18.3 Å². The lowest BCUT2D eigenvalue weighted by atomic mass is 10.0. The van der Waals surface area contributed by atoms with Gasteiger partial charge in [-0.05, 0) is 35.4 Å². The van der Waals surface area contributed by atoms with E-state index >= 15 is 0 Å². The van der Waals surface area contributed by atoms with Crippen molar-refractivity contribution in [3.63, 3.8) is 0 Å². The Balaban J connectivity index is 2.17. The molecule has 0 amide bonds. The third-order valence-electron chi connectivity index (χ3n) is 2.74. The third kappa shape index (κ3) is 3.28. The van der Waals surface area contributed by atoms with Gasteiger partial charge in [0.25, 0.3) is 0 Å². The van der Waals surface area contributed by atoms with Crippen LogP contribution >= 0.6 is 11.6 Å². The summed E-state index contributed by atoms with van der Waals surface area (Å²) in [6.45, 7) is 0. The summed E-state index contributed by atoms with van der Waals surface area (Å²) in [7, 11) is 0. The predicted molar refractivity (Wildman–Crippen MR) is 66.4 cm³/mol. The average molecular weight is 287 g/mol. The fourth-order valence-electron chi connectivity index (χ4n) is 1.73. The van der Waals surface area contributed by atoms with Crippen molar-refractivity contribution in [2.75, 3.05) is 0 Å². The average Bonchev–Trinajstić information content (AvgIpc) is 2.37. The molecule has 0 aromatic heterocycles. The molecule has 2 aromatic rings. The molecule has 2 rings (SSSR count).